The maximum atomic E-state index is 13.5. The van der Waals surface area contributed by atoms with E-state index in [9.17, 15) is 23.1 Å². The van der Waals surface area contributed by atoms with Crippen LogP contribution >= 0.6 is 22.9 Å². The van der Waals surface area contributed by atoms with Gasteiger partial charge in [-0.3, -0.25) is 4.79 Å². The Morgan fingerprint density at radius 2 is 2.08 bits per heavy atom. The number of nitrogen functional groups attached to an aromatic ring is 1. The molecule has 202 valence electrons. The molecule has 38 heavy (non-hydrogen) atoms. The minimum Gasteiger partial charge on any atom is -0.480 e. The number of pyridine rings is 1. The van der Waals surface area contributed by atoms with Crippen LogP contribution in [0.5, 0.6) is 0 Å². The molecule has 1 aliphatic carbocycles. The van der Waals surface area contributed by atoms with Crippen LogP contribution in [0.1, 0.15) is 31.2 Å². The number of nitrogens with zero attached hydrogens (tertiary/aromatic N) is 5. The van der Waals surface area contributed by atoms with E-state index in [1.165, 1.54) is 22.4 Å². The Labute approximate surface area is 229 Å². The fourth-order valence-corrected chi connectivity index (χ4v) is 7.12. The van der Waals surface area contributed by atoms with Crippen LogP contribution in [-0.4, -0.2) is 72.0 Å². The number of rotatable bonds is 9. The van der Waals surface area contributed by atoms with Gasteiger partial charge in [0.1, 0.15) is 22.9 Å². The van der Waals surface area contributed by atoms with Crippen molar-refractivity contribution in [3.05, 3.63) is 41.2 Å². The van der Waals surface area contributed by atoms with Crippen molar-refractivity contribution in [2.45, 2.75) is 50.2 Å². The molecule has 0 spiro atoms. The van der Waals surface area contributed by atoms with E-state index in [4.69, 9.17) is 17.3 Å². The predicted octanol–water partition coefficient (Wildman–Crippen LogP) is 2.55. The zero-order chi connectivity index (χ0) is 27.1. The number of thiol groups is 1. The third-order valence-electron chi connectivity index (χ3n) is 7.35. The van der Waals surface area contributed by atoms with E-state index in [1.807, 2.05) is 11.9 Å². The highest BCUT2D eigenvalue weighted by atomic mass is 35.5. The molecule has 1 saturated carbocycles. The molecule has 3 N–H and O–H groups in total. The molecule has 14 heteroatoms. The van der Waals surface area contributed by atoms with Crippen molar-refractivity contribution in [3.63, 3.8) is 0 Å². The Morgan fingerprint density at radius 1 is 1.32 bits per heavy atom. The number of carboxylic acids is 1. The van der Waals surface area contributed by atoms with Gasteiger partial charge in [-0.25, -0.2) is 27.5 Å². The summed E-state index contributed by atoms with van der Waals surface area (Å²) in [5.74, 6) is -1.46. The first-order valence-electron chi connectivity index (χ1n) is 12.1. The first-order valence-corrected chi connectivity index (χ1v) is 14.5. The van der Waals surface area contributed by atoms with Crippen LogP contribution in [0, 0.1) is 0 Å². The van der Waals surface area contributed by atoms with Crippen molar-refractivity contribution in [2.75, 3.05) is 28.5 Å². The highest BCUT2D eigenvalue weighted by Gasteiger charge is 2.43. The smallest absolute Gasteiger partial charge is 0.326 e. The lowest BCUT2D eigenvalue weighted by atomic mass is 9.92. The number of hydrogen-bond donors (Lipinski definition) is 3. The molecule has 1 saturated heterocycles. The van der Waals surface area contributed by atoms with Gasteiger partial charge in [0.25, 0.3) is 0 Å². The quantitative estimate of drug-likeness (QED) is 0.325. The summed E-state index contributed by atoms with van der Waals surface area (Å²) in [4.78, 5) is 37.5. The second kappa shape index (κ2) is 10.5. The molecule has 0 bridgehead atoms. The number of aliphatic carboxylic acids is 1. The van der Waals surface area contributed by atoms with Gasteiger partial charge in [-0.05, 0) is 54.8 Å². The molecule has 3 heterocycles. The van der Waals surface area contributed by atoms with Crippen LogP contribution in [0.4, 0.5) is 16.0 Å². The second-order valence-electron chi connectivity index (χ2n) is 9.51. The largest absolute Gasteiger partial charge is 0.480 e. The number of nitrogens with two attached hydrogens (primary N) is 1. The van der Waals surface area contributed by atoms with Crippen LogP contribution < -0.4 is 14.9 Å². The zero-order valence-electron chi connectivity index (χ0n) is 20.5. The molecule has 2 aliphatic rings. The monoisotopic (exact) mass is 578 g/mol. The molecule has 2 fully saturated rings. The number of benzene rings is 1. The highest BCUT2D eigenvalue weighted by Crippen LogP contribution is 2.37. The standard InChI is InChI=1S/C24H27ClN6O5S2/c1-29(15-3-2-4-15)24-28-12-20(37-24)31(38(35)36)18-6-8-30(22(18)32)19(23(33)34)10-14-9-13-5-7-27-21(26)16(13)11-17(14)25/h5,7,9,11-12,15,18-19,38H,2-4,6,8,10H2,1H3,(H2,26,27)(H,33,34)/t18-,19+/m0/s1. The fraction of sp³-hybridized carbons (Fsp3) is 0.417. The molecule has 1 amide bonds. The lowest BCUT2D eigenvalue weighted by molar-refractivity contribution is -0.148. The number of hydrogen-bond acceptors (Lipinski definition) is 9. The molecule has 0 unspecified atom stereocenters. The number of fused-ring (bicyclic) bond motifs is 1. The van der Waals surface area contributed by atoms with E-state index in [0.717, 1.165) is 29.0 Å². The number of carbonyl (C=O) groups is 2. The van der Waals surface area contributed by atoms with E-state index >= 15 is 0 Å². The van der Waals surface area contributed by atoms with Crippen LogP contribution in [0.3, 0.4) is 0 Å². The minimum atomic E-state index is -3.17. The number of halogens is 1. The number of likely N-dealkylation sites (tertiary alicyclic amines) is 1. The van der Waals surface area contributed by atoms with Crippen LogP contribution in [0.25, 0.3) is 10.8 Å². The molecule has 3 aromatic rings. The van der Waals surface area contributed by atoms with Gasteiger partial charge in [0.05, 0.1) is 6.20 Å². The van der Waals surface area contributed by atoms with Gasteiger partial charge in [0.15, 0.2) is 5.13 Å². The Kier molecular flexibility index (Phi) is 7.34. The van der Waals surface area contributed by atoms with Gasteiger partial charge < -0.3 is 20.6 Å². The summed E-state index contributed by atoms with van der Waals surface area (Å²) in [6.45, 7) is 0.0931. The van der Waals surface area contributed by atoms with Gasteiger partial charge in [0.2, 0.25) is 16.8 Å². The molecule has 11 nitrogen and oxygen atoms in total. The van der Waals surface area contributed by atoms with Crippen molar-refractivity contribution in [1.29, 1.82) is 0 Å². The third kappa shape index (κ3) is 4.85. The molecule has 5 rings (SSSR count). The molecular weight excluding hydrogens is 552 g/mol. The SMILES string of the molecule is CN(c1ncc(N([C@H]2CCN([C@H](Cc3cc4ccnc(N)c4cc3Cl)C(=O)O)C2=O)[SH](=O)=O)s1)C1CCC1. The minimum absolute atomic E-state index is 0.0504. The lowest BCUT2D eigenvalue weighted by Gasteiger charge is -2.34. The summed E-state index contributed by atoms with van der Waals surface area (Å²) < 4.78 is 25.7. The number of aromatic nitrogens is 2. The van der Waals surface area contributed by atoms with Gasteiger partial charge in [-0.2, -0.15) is 0 Å². The number of carboxylic acid groups (broad SMARTS) is 1. The molecule has 1 aliphatic heterocycles. The topological polar surface area (TPSA) is 150 Å². The molecular formula is C24H27ClN6O5S2. The average Bonchev–Trinajstić information content (AvgIpc) is 3.45. The summed E-state index contributed by atoms with van der Waals surface area (Å²) in [5, 5.41) is 12.8. The number of thiazole rings is 1. The molecule has 0 radical (unpaired) electrons. The average molecular weight is 579 g/mol. The predicted molar refractivity (Wildman–Crippen MR) is 147 cm³/mol. The van der Waals surface area contributed by atoms with E-state index in [1.54, 1.807) is 24.4 Å². The summed E-state index contributed by atoms with van der Waals surface area (Å²) in [7, 11) is -1.24. The summed E-state index contributed by atoms with van der Waals surface area (Å²) >= 11 is 7.66. The first-order chi connectivity index (χ1) is 18.2. The van der Waals surface area contributed by atoms with Gasteiger partial charge in [0, 0.05) is 42.7 Å². The summed E-state index contributed by atoms with van der Waals surface area (Å²) in [6.07, 6.45) is 6.38. The zero-order valence-corrected chi connectivity index (χ0v) is 23.0. The third-order valence-corrected chi connectivity index (χ3v) is 9.77. The van der Waals surface area contributed by atoms with Crippen LogP contribution in [0.2, 0.25) is 5.02 Å². The normalized spacial score (nSPS) is 18.7. The van der Waals surface area contributed by atoms with Gasteiger partial charge in [-0.15, -0.1) is 0 Å². The summed E-state index contributed by atoms with van der Waals surface area (Å²) in [5.41, 5.74) is 6.46. The maximum absolute atomic E-state index is 13.5. The van der Waals surface area contributed by atoms with E-state index in [-0.39, 0.29) is 19.4 Å². The lowest BCUT2D eigenvalue weighted by Crippen LogP contribution is -2.48. The van der Waals surface area contributed by atoms with E-state index in [0.29, 0.717) is 38.0 Å². The molecule has 2 aromatic heterocycles. The second-order valence-corrected chi connectivity index (χ2v) is 11.8. The van der Waals surface area contributed by atoms with E-state index < -0.39 is 34.9 Å². The van der Waals surface area contributed by atoms with Crippen molar-refractivity contribution in [2.24, 2.45) is 0 Å². The van der Waals surface area contributed by atoms with E-state index in [2.05, 4.69) is 9.97 Å². The van der Waals surface area contributed by atoms with Crippen molar-refractivity contribution < 1.29 is 23.1 Å². The van der Waals surface area contributed by atoms with Crippen molar-refractivity contribution in [3.8, 4) is 0 Å². The number of amides is 1. The Bertz CT molecular complexity index is 1470. The number of carbonyl (C=O) groups excluding carboxylic acids is 1. The van der Waals surface area contributed by atoms with Crippen LogP contribution in [-0.2, 0) is 26.9 Å². The maximum Gasteiger partial charge on any atom is 0.326 e. The first kappa shape index (κ1) is 26.4. The van der Waals surface area contributed by atoms with Crippen molar-refractivity contribution >= 4 is 72.4 Å². The molecule has 1 aromatic carbocycles. The van der Waals surface area contributed by atoms with Gasteiger partial charge in [-0.1, -0.05) is 22.9 Å². The Hall–Kier alpha value is -3.16. The van der Waals surface area contributed by atoms with Crippen molar-refractivity contribution in [1.82, 2.24) is 14.9 Å². The van der Waals surface area contributed by atoms with Gasteiger partial charge >= 0.3 is 5.97 Å². The molecule has 2 atom stereocenters. The Balaban J connectivity index is 1.38. The highest BCUT2D eigenvalue weighted by molar-refractivity contribution is 7.74. The van der Waals surface area contributed by atoms with Crippen LogP contribution in [0.15, 0.2) is 30.6 Å². The summed E-state index contributed by atoms with van der Waals surface area (Å²) in [6, 6.07) is 3.22. The Morgan fingerprint density at radius 3 is 2.74 bits per heavy atom. The fourth-order valence-electron chi connectivity index (χ4n) is 4.99. The number of anilines is 3.